The Kier molecular flexibility index (Phi) is 14.3. The number of alkyl halides is 7. The topological polar surface area (TPSA) is 166 Å². The number of carbonyl (C=O) groups excluding carboxylic acids is 3. The smallest absolute Gasteiger partial charge is 0.460 e. The first kappa shape index (κ1) is 47.0. The molecule has 3 aromatic carbocycles. The Morgan fingerprint density at radius 2 is 1.34 bits per heavy atom. The molecule has 0 aliphatic heterocycles. The van der Waals surface area contributed by atoms with Crippen LogP contribution in [0.4, 0.5) is 42.1 Å². The van der Waals surface area contributed by atoms with Crippen LogP contribution >= 0.6 is 0 Å². The SMILES string of the molecule is CCCNC(=O)c1cc(O)c(O)c(Oc2cc(NC(=O)C(F)(F)C(F)(F)C(F)(F)F)c(O)cc2NC(=O)C(CC)Oc2ccc(C(C)(C)CC)cc2C(C)(C)CC)c1. The largest absolute Gasteiger partial charge is 0.506 e. The Balaban J connectivity index is 2.15. The van der Waals surface area contributed by atoms with E-state index in [0.717, 1.165) is 35.0 Å². The molecule has 1 atom stereocenters. The van der Waals surface area contributed by atoms with Gasteiger partial charge in [-0.15, -0.1) is 0 Å². The van der Waals surface area contributed by atoms with E-state index >= 15 is 0 Å². The quantitative estimate of drug-likeness (QED) is 0.0578. The lowest BCUT2D eigenvalue weighted by Crippen LogP contribution is -2.57. The van der Waals surface area contributed by atoms with Crippen molar-refractivity contribution in [1.29, 1.82) is 0 Å². The maximum absolute atomic E-state index is 14.3. The van der Waals surface area contributed by atoms with Crippen LogP contribution in [-0.4, -0.2) is 63.7 Å². The van der Waals surface area contributed by atoms with Gasteiger partial charge in [0.15, 0.2) is 23.4 Å². The molecule has 0 heterocycles. The number of aromatic hydroxyl groups is 3. The van der Waals surface area contributed by atoms with Crippen LogP contribution in [0, 0.1) is 0 Å². The summed E-state index contributed by atoms with van der Waals surface area (Å²) in [4.78, 5) is 38.8. The number of nitrogens with one attached hydrogen (secondary N) is 3. The Morgan fingerprint density at radius 1 is 0.724 bits per heavy atom. The first-order chi connectivity index (χ1) is 26.7. The van der Waals surface area contributed by atoms with Crippen molar-refractivity contribution in [3.8, 4) is 34.5 Å². The van der Waals surface area contributed by atoms with Crippen LogP contribution < -0.4 is 25.4 Å². The van der Waals surface area contributed by atoms with Gasteiger partial charge in [0.05, 0.1) is 11.4 Å². The zero-order valence-electron chi connectivity index (χ0n) is 33.2. The van der Waals surface area contributed by atoms with Gasteiger partial charge in [-0.25, -0.2) is 0 Å². The minimum Gasteiger partial charge on any atom is -0.506 e. The number of amides is 3. The molecule has 6 N–H and O–H groups in total. The summed E-state index contributed by atoms with van der Waals surface area (Å²) < 4.78 is 106. The van der Waals surface area contributed by atoms with Crippen molar-refractivity contribution in [2.75, 3.05) is 17.2 Å². The summed E-state index contributed by atoms with van der Waals surface area (Å²) in [6.07, 6.45) is -6.05. The van der Waals surface area contributed by atoms with Gasteiger partial charge in [0, 0.05) is 29.8 Å². The zero-order valence-corrected chi connectivity index (χ0v) is 33.2. The Labute approximate surface area is 330 Å². The third-order valence-corrected chi connectivity index (χ3v) is 9.90. The van der Waals surface area contributed by atoms with E-state index in [1.165, 1.54) is 0 Å². The third kappa shape index (κ3) is 9.99. The summed E-state index contributed by atoms with van der Waals surface area (Å²) in [6.45, 7) is 15.8. The summed E-state index contributed by atoms with van der Waals surface area (Å²) in [5, 5.41) is 37.8. The van der Waals surface area contributed by atoms with Crippen molar-refractivity contribution in [3.05, 3.63) is 59.2 Å². The van der Waals surface area contributed by atoms with Crippen molar-refractivity contribution < 1.29 is 69.9 Å². The van der Waals surface area contributed by atoms with E-state index in [1.807, 2.05) is 32.9 Å². The maximum Gasteiger partial charge on any atom is 0.460 e. The molecule has 0 saturated heterocycles. The normalized spacial score (nSPS) is 13.1. The van der Waals surface area contributed by atoms with Crippen LogP contribution in [0.25, 0.3) is 0 Å². The highest BCUT2D eigenvalue weighted by atomic mass is 19.4. The summed E-state index contributed by atoms with van der Waals surface area (Å²) in [7, 11) is 0. The summed E-state index contributed by atoms with van der Waals surface area (Å²) in [5.41, 5.74) is -0.807. The molecule has 320 valence electrons. The first-order valence-corrected chi connectivity index (χ1v) is 18.3. The van der Waals surface area contributed by atoms with Crippen LogP contribution in [0.1, 0.15) is 103 Å². The highest BCUT2D eigenvalue weighted by Gasteiger charge is 2.76. The van der Waals surface area contributed by atoms with Crippen molar-refractivity contribution in [2.45, 2.75) is 116 Å². The van der Waals surface area contributed by atoms with E-state index in [9.17, 15) is 60.4 Å². The molecular formula is C40H48F7N3O8. The number of hydrogen-bond donors (Lipinski definition) is 6. The molecule has 0 aliphatic carbocycles. The molecule has 1 unspecified atom stereocenters. The summed E-state index contributed by atoms with van der Waals surface area (Å²) >= 11 is 0. The summed E-state index contributed by atoms with van der Waals surface area (Å²) in [5.74, 6) is -22.3. The first-order valence-electron chi connectivity index (χ1n) is 18.3. The molecule has 0 aliphatic rings. The number of benzene rings is 3. The highest BCUT2D eigenvalue weighted by molar-refractivity contribution is 6.01. The van der Waals surface area contributed by atoms with E-state index < -0.39 is 87.4 Å². The molecule has 11 nitrogen and oxygen atoms in total. The lowest BCUT2D eigenvalue weighted by molar-refractivity contribution is -0.343. The van der Waals surface area contributed by atoms with E-state index in [0.29, 0.717) is 30.7 Å². The Hall–Kier alpha value is -5.42. The lowest BCUT2D eigenvalue weighted by Gasteiger charge is -2.31. The monoisotopic (exact) mass is 831 g/mol. The van der Waals surface area contributed by atoms with Crippen LogP contribution in [0.3, 0.4) is 0 Å². The number of ether oxygens (including phenoxy) is 2. The number of halogens is 7. The molecule has 0 spiro atoms. The van der Waals surface area contributed by atoms with Crippen LogP contribution in [0.15, 0.2) is 42.5 Å². The summed E-state index contributed by atoms with van der Waals surface area (Å²) in [6, 6.07) is 8.45. The fourth-order valence-electron chi connectivity index (χ4n) is 5.30. The van der Waals surface area contributed by atoms with Gasteiger partial charge in [-0.1, -0.05) is 67.5 Å². The van der Waals surface area contributed by atoms with Gasteiger partial charge >= 0.3 is 23.9 Å². The zero-order chi connectivity index (χ0) is 44.2. The average molecular weight is 832 g/mol. The molecule has 3 aromatic rings. The molecule has 0 radical (unpaired) electrons. The van der Waals surface area contributed by atoms with Gasteiger partial charge in [0.1, 0.15) is 11.5 Å². The molecule has 0 saturated carbocycles. The van der Waals surface area contributed by atoms with Crippen molar-refractivity contribution in [1.82, 2.24) is 5.32 Å². The van der Waals surface area contributed by atoms with Gasteiger partial charge < -0.3 is 40.7 Å². The molecule has 58 heavy (non-hydrogen) atoms. The molecule has 3 rings (SSSR count). The molecule has 18 heteroatoms. The second-order valence-corrected chi connectivity index (χ2v) is 14.9. The van der Waals surface area contributed by atoms with Crippen molar-refractivity contribution in [2.24, 2.45) is 0 Å². The molecule has 0 bridgehead atoms. The number of rotatable bonds is 17. The highest BCUT2D eigenvalue weighted by Crippen LogP contribution is 2.48. The van der Waals surface area contributed by atoms with Crippen molar-refractivity contribution >= 4 is 29.1 Å². The van der Waals surface area contributed by atoms with Gasteiger partial charge in [0.25, 0.3) is 11.8 Å². The molecular weight excluding hydrogens is 783 g/mol. The number of phenolic OH excluding ortho intramolecular Hbond substituents is 3. The van der Waals surface area contributed by atoms with Crippen LogP contribution in [0.2, 0.25) is 0 Å². The standard InChI is InChI=1S/C40H48F7N3O8/c1-9-15-48-33(54)21-16-27(52)32(53)31(17-21)58-30-20-24(50-35(56)38(41,42)39(43,44)40(45,46)47)26(51)19-25(30)49-34(55)28(10-2)57-29-14-13-22(36(5,6)11-3)18-23(29)37(7,8)12-4/h13-14,16-20,28,51-53H,9-12,15H2,1-8H3,(H,48,54)(H,49,55)(H,50,56). The average Bonchev–Trinajstić information content (AvgIpc) is 3.15. The molecule has 0 fully saturated rings. The van der Waals surface area contributed by atoms with E-state index in [1.54, 1.807) is 19.9 Å². The second-order valence-electron chi connectivity index (χ2n) is 14.9. The molecule has 0 aromatic heterocycles. The predicted molar refractivity (Wildman–Crippen MR) is 202 cm³/mol. The molecule has 3 amide bonds. The lowest BCUT2D eigenvalue weighted by atomic mass is 9.76. The van der Waals surface area contributed by atoms with E-state index in [-0.39, 0.29) is 23.9 Å². The number of hydrogen-bond acceptors (Lipinski definition) is 8. The van der Waals surface area contributed by atoms with Gasteiger partial charge in [0.2, 0.25) is 5.75 Å². The third-order valence-electron chi connectivity index (χ3n) is 9.90. The second kappa shape index (κ2) is 17.6. The van der Waals surface area contributed by atoms with Gasteiger partial charge in [-0.05, 0) is 60.3 Å². The fraction of sp³-hybridized carbons (Fsp3) is 0.475. The van der Waals surface area contributed by atoms with Gasteiger partial charge in [-0.3, -0.25) is 14.4 Å². The minimum atomic E-state index is -6.86. The van der Waals surface area contributed by atoms with E-state index in [2.05, 4.69) is 31.4 Å². The van der Waals surface area contributed by atoms with E-state index in [4.69, 9.17) is 9.47 Å². The van der Waals surface area contributed by atoms with Crippen molar-refractivity contribution in [3.63, 3.8) is 0 Å². The predicted octanol–water partition coefficient (Wildman–Crippen LogP) is 9.68. The number of phenols is 3. The number of anilines is 2. The minimum absolute atomic E-state index is 0.0441. The maximum atomic E-state index is 14.3. The Morgan fingerprint density at radius 3 is 1.90 bits per heavy atom. The van der Waals surface area contributed by atoms with Crippen LogP contribution in [-0.2, 0) is 20.4 Å². The Bertz CT molecular complexity index is 2000. The number of carbonyl (C=O) groups is 3. The van der Waals surface area contributed by atoms with Crippen LogP contribution in [0.5, 0.6) is 34.5 Å². The van der Waals surface area contributed by atoms with Gasteiger partial charge in [-0.2, -0.15) is 30.7 Å². The fourth-order valence-corrected chi connectivity index (χ4v) is 5.30.